The monoisotopic (exact) mass is 402 g/mol. The quantitative estimate of drug-likeness (QED) is 0.251. The molecule has 5 amide bonds. The summed E-state index contributed by atoms with van der Waals surface area (Å²) in [6.07, 6.45) is 0. The summed E-state index contributed by atoms with van der Waals surface area (Å²) in [5, 5.41) is 10.2. The molecule has 1 aliphatic heterocycles. The Kier molecular flexibility index (Phi) is 6.10. The summed E-state index contributed by atoms with van der Waals surface area (Å²) in [5.74, 6) is -2.06. The molecule has 2 heterocycles. The van der Waals surface area contributed by atoms with E-state index >= 15 is 0 Å². The van der Waals surface area contributed by atoms with E-state index in [1.165, 1.54) is 12.5 Å². The van der Waals surface area contributed by atoms with E-state index < -0.39 is 35.8 Å². The fourth-order valence-corrected chi connectivity index (χ4v) is 2.99. The molecule has 140 valence electrons. The van der Waals surface area contributed by atoms with Crippen molar-refractivity contribution in [3.05, 3.63) is 11.1 Å². The number of anilines is 1. The summed E-state index contributed by atoms with van der Waals surface area (Å²) in [5.41, 5.74) is 5.01. The molecule has 1 aliphatic rings. The fraction of sp³-hybridized carbons (Fsp3) is 0.385. The number of hydrogen-bond donors (Lipinski definition) is 3. The average Bonchev–Trinajstić information content (AvgIpc) is 3.04. The number of rotatable bonds is 6. The van der Waals surface area contributed by atoms with E-state index in [4.69, 9.17) is 17.3 Å². The number of nitrogens with one attached hydrogen (secondary N) is 2. The van der Waals surface area contributed by atoms with E-state index in [-0.39, 0.29) is 22.4 Å². The van der Waals surface area contributed by atoms with Crippen LogP contribution in [0.1, 0.15) is 12.6 Å². The van der Waals surface area contributed by atoms with E-state index in [1.54, 1.807) is 6.92 Å². The minimum atomic E-state index is -0.925. The molecule has 0 aromatic carbocycles. The molecule has 1 aromatic heterocycles. The van der Waals surface area contributed by atoms with Gasteiger partial charge < -0.3 is 21.2 Å². The Morgan fingerprint density at radius 3 is 2.73 bits per heavy atom. The summed E-state index contributed by atoms with van der Waals surface area (Å²) < 4.78 is 0. The van der Waals surface area contributed by atoms with E-state index in [1.807, 2.05) is 0 Å². The average molecular weight is 403 g/mol. The van der Waals surface area contributed by atoms with E-state index in [2.05, 4.69) is 25.6 Å². The van der Waals surface area contributed by atoms with Gasteiger partial charge in [0.25, 0.3) is 11.8 Å². The number of β-lactam (4-membered cyclic amide) rings is 1. The van der Waals surface area contributed by atoms with Crippen LogP contribution >= 0.6 is 22.9 Å². The van der Waals surface area contributed by atoms with Gasteiger partial charge in [0.2, 0.25) is 5.91 Å². The van der Waals surface area contributed by atoms with Gasteiger partial charge in [-0.25, -0.2) is 9.78 Å². The van der Waals surface area contributed by atoms with Gasteiger partial charge in [0.05, 0.1) is 6.04 Å². The number of urea groups is 1. The Labute approximate surface area is 156 Å². The lowest BCUT2D eigenvalue weighted by Crippen LogP contribution is -2.72. The van der Waals surface area contributed by atoms with Gasteiger partial charge in [0.15, 0.2) is 10.8 Å². The third kappa shape index (κ3) is 3.91. The first-order chi connectivity index (χ1) is 12.3. The van der Waals surface area contributed by atoms with Crippen LogP contribution in [0, 0.1) is 0 Å². The van der Waals surface area contributed by atoms with Crippen molar-refractivity contribution in [2.75, 3.05) is 18.3 Å². The Morgan fingerprint density at radius 2 is 2.19 bits per heavy atom. The number of primary amides is 1. The molecule has 1 fully saturated rings. The first-order valence-corrected chi connectivity index (χ1v) is 8.57. The van der Waals surface area contributed by atoms with Gasteiger partial charge in [0, 0.05) is 5.38 Å². The minimum Gasteiger partial charge on any atom is -0.398 e. The van der Waals surface area contributed by atoms with Crippen LogP contribution in [0.5, 0.6) is 0 Å². The van der Waals surface area contributed by atoms with Gasteiger partial charge in [-0.1, -0.05) is 5.16 Å². The second-order valence-electron chi connectivity index (χ2n) is 5.08. The third-order valence-electron chi connectivity index (χ3n) is 3.43. The summed E-state index contributed by atoms with van der Waals surface area (Å²) >= 11 is 6.46. The molecule has 1 aromatic rings. The van der Waals surface area contributed by atoms with E-state index in [0.29, 0.717) is 0 Å². The molecule has 2 atom stereocenters. The number of nitrogens with two attached hydrogens (primary N) is 1. The molecule has 11 nitrogen and oxygen atoms in total. The van der Waals surface area contributed by atoms with Crippen LogP contribution < -0.4 is 16.4 Å². The standard InChI is InChI=1S/C13H15ClN6O5S/c1-5-8(11(23)20(5)12(15)24)18-10(22)9(19-25-2)6-4-26-13(16-6)17-7(21)3-14/h4-5,8H,3H2,1-2H3,(H2,15,24)(H,18,22)(H,16,17,21)/t5-,8+/m1/s1. The topological polar surface area (TPSA) is 156 Å². The normalized spacial score (nSPS) is 19.6. The number of hydrogen-bond acceptors (Lipinski definition) is 8. The summed E-state index contributed by atoms with van der Waals surface area (Å²) in [6, 6.07) is -2.41. The highest BCUT2D eigenvalue weighted by atomic mass is 35.5. The molecule has 4 N–H and O–H groups in total. The van der Waals surface area contributed by atoms with Crippen molar-refractivity contribution in [3.63, 3.8) is 0 Å². The largest absolute Gasteiger partial charge is 0.398 e. The van der Waals surface area contributed by atoms with Gasteiger partial charge >= 0.3 is 6.03 Å². The minimum absolute atomic E-state index is 0.130. The molecular weight excluding hydrogens is 388 g/mol. The van der Waals surface area contributed by atoms with Gasteiger partial charge in [-0.2, -0.15) is 0 Å². The smallest absolute Gasteiger partial charge is 0.321 e. The van der Waals surface area contributed by atoms with Crippen molar-refractivity contribution >= 4 is 57.5 Å². The second-order valence-corrected chi connectivity index (χ2v) is 6.21. The number of amides is 5. The predicted molar refractivity (Wildman–Crippen MR) is 92.8 cm³/mol. The van der Waals surface area contributed by atoms with Crippen molar-refractivity contribution in [1.29, 1.82) is 0 Å². The Morgan fingerprint density at radius 1 is 1.50 bits per heavy atom. The van der Waals surface area contributed by atoms with Gasteiger partial charge in [-0.3, -0.25) is 19.3 Å². The van der Waals surface area contributed by atoms with Crippen LogP contribution in [0.3, 0.4) is 0 Å². The maximum atomic E-state index is 12.4. The molecule has 1 saturated heterocycles. The Balaban J connectivity index is 2.12. The third-order valence-corrected chi connectivity index (χ3v) is 4.43. The number of nitrogens with zero attached hydrogens (tertiary/aromatic N) is 3. The number of thiazole rings is 1. The van der Waals surface area contributed by atoms with Crippen molar-refractivity contribution in [1.82, 2.24) is 15.2 Å². The fourth-order valence-electron chi connectivity index (χ4n) is 2.21. The number of carbonyl (C=O) groups excluding carboxylic acids is 4. The molecule has 0 saturated carbocycles. The molecule has 13 heteroatoms. The van der Waals surface area contributed by atoms with E-state index in [0.717, 1.165) is 16.2 Å². The number of likely N-dealkylation sites (tertiary alicyclic amines) is 1. The van der Waals surface area contributed by atoms with Crippen LogP contribution in [0.4, 0.5) is 9.93 Å². The Hall–Kier alpha value is -2.73. The molecule has 0 radical (unpaired) electrons. The van der Waals surface area contributed by atoms with Gasteiger partial charge in [-0.15, -0.1) is 22.9 Å². The number of alkyl halides is 1. The zero-order valence-electron chi connectivity index (χ0n) is 13.7. The highest BCUT2D eigenvalue weighted by molar-refractivity contribution is 7.14. The van der Waals surface area contributed by atoms with Crippen molar-refractivity contribution in [2.45, 2.75) is 19.0 Å². The zero-order chi connectivity index (χ0) is 19.4. The Bertz CT molecular complexity index is 781. The number of oxime groups is 1. The highest BCUT2D eigenvalue weighted by Crippen LogP contribution is 2.20. The lowest BCUT2D eigenvalue weighted by atomic mass is 9.97. The van der Waals surface area contributed by atoms with Gasteiger partial charge in [0.1, 0.15) is 24.7 Å². The predicted octanol–water partition coefficient (Wildman–Crippen LogP) is -0.535. The van der Waals surface area contributed by atoms with Gasteiger partial charge in [-0.05, 0) is 6.92 Å². The lowest BCUT2D eigenvalue weighted by Gasteiger charge is -2.42. The molecular formula is C13H15ClN6O5S. The first kappa shape index (κ1) is 19.6. The van der Waals surface area contributed by atoms with Crippen LogP contribution in [-0.4, -0.2) is 64.4 Å². The van der Waals surface area contributed by atoms with Crippen LogP contribution in [-0.2, 0) is 19.2 Å². The van der Waals surface area contributed by atoms with Crippen molar-refractivity contribution in [2.24, 2.45) is 10.9 Å². The molecule has 2 rings (SSSR count). The molecule has 0 spiro atoms. The highest BCUT2D eigenvalue weighted by Gasteiger charge is 2.48. The van der Waals surface area contributed by atoms with Crippen LogP contribution in [0.25, 0.3) is 0 Å². The molecule has 0 unspecified atom stereocenters. The maximum Gasteiger partial charge on any atom is 0.321 e. The van der Waals surface area contributed by atoms with Crippen LogP contribution in [0.2, 0.25) is 0 Å². The zero-order valence-corrected chi connectivity index (χ0v) is 15.3. The SMILES string of the molecule is CON=C(C(=O)N[C@@H]1C(=O)N(C(N)=O)[C@@H]1C)c1csc(NC(=O)CCl)n1. The molecule has 0 aliphatic carbocycles. The maximum absolute atomic E-state index is 12.4. The van der Waals surface area contributed by atoms with Crippen LogP contribution in [0.15, 0.2) is 10.5 Å². The number of aromatic nitrogens is 1. The number of imide groups is 1. The summed E-state index contributed by atoms with van der Waals surface area (Å²) in [6.45, 7) is 1.56. The molecule has 26 heavy (non-hydrogen) atoms. The summed E-state index contributed by atoms with van der Waals surface area (Å²) in [7, 11) is 1.24. The number of carbonyl (C=O) groups is 4. The number of halogens is 1. The molecule has 0 bridgehead atoms. The first-order valence-electron chi connectivity index (χ1n) is 7.16. The summed E-state index contributed by atoms with van der Waals surface area (Å²) in [4.78, 5) is 56.3. The second kappa shape index (κ2) is 8.10. The van der Waals surface area contributed by atoms with Crippen molar-refractivity contribution < 1.29 is 24.0 Å². The van der Waals surface area contributed by atoms with Crippen molar-refractivity contribution in [3.8, 4) is 0 Å². The lowest BCUT2D eigenvalue weighted by molar-refractivity contribution is -0.146. The van der Waals surface area contributed by atoms with E-state index in [9.17, 15) is 19.2 Å².